The zero-order chi connectivity index (χ0) is 28.4. The maximum atomic E-state index is 12.7. The van der Waals surface area contributed by atoms with Crippen LogP contribution in [0.5, 0.6) is 11.5 Å². The van der Waals surface area contributed by atoms with Gasteiger partial charge in [0.05, 0.1) is 25.0 Å². The minimum atomic E-state index is -0.0530. The number of hydrogen-bond donors (Lipinski definition) is 1. The van der Waals surface area contributed by atoms with Gasteiger partial charge in [0, 0.05) is 11.3 Å². The Kier molecular flexibility index (Phi) is 14.6. The van der Waals surface area contributed by atoms with Crippen LogP contribution in [0.1, 0.15) is 100.0 Å². The zero-order valence-corrected chi connectivity index (χ0v) is 25.7. The molecule has 2 aromatic carbocycles. The molecule has 0 spiro atoms. The lowest BCUT2D eigenvalue weighted by Crippen LogP contribution is -2.30. The summed E-state index contributed by atoms with van der Waals surface area (Å²) >= 11 is 1.74. The second kappa shape index (κ2) is 18.5. The fraction of sp³-hybridized carbons (Fsp3) is 0.529. The molecule has 0 unspecified atom stereocenters. The lowest BCUT2D eigenvalue weighted by atomic mass is 10.1. The maximum absolute atomic E-state index is 12.7. The van der Waals surface area contributed by atoms with Crippen molar-refractivity contribution in [2.75, 3.05) is 19.0 Å². The summed E-state index contributed by atoms with van der Waals surface area (Å²) in [6.45, 7) is 5.89. The van der Waals surface area contributed by atoms with E-state index in [1.807, 2.05) is 30.3 Å². The van der Waals surface area contributed by atoms with Crippen molar-refractivity contribution in [2.24, 2.45) is 0 Å². The molecule has 6 heteroatoms. The summed E-state index contributed by atoms with van der Waals surface area (Å²) in [5, 5.41) is 3.00. The van der Waals surface area contributed by atoms with Gasteiger partial charge in [-0.1, -0.05) is 107 Å². The van der Waals surface area contributed by atoms with Crippen LogP contribution in [0.4, 0.5) is 5.69 Å². The number of anilines is 1. The summed E-state index contributed by atoms with van der Waals surface area (Å²) in [5.41, 5.74) is 5.02. The number of nitrogens with zero attached hydrogens (tertiary/aromatic N) is 1. The minimum Gasteiger partial charge on any atom is -0.493 e. The first-order chi connectivity index (χ1) is 19.6. The van der Waals surface area contributed by atoms with Crippen molar-refractivity contribution in [3.05, 3.63) is 70.2 Å². The highest BCUT2D eigenvalue weighted by Crippen LogP contribution is 2.29. The van der Waals surface area contributed by atoms with Gasteiger partial charge in [-0.05, 0) is 43.2 Å². The minimum absolute atomic E-state index is 0.0530. The lowest BCUT2D eigenvalue weighted by Gasteiger charge is -2.12. The number of hydrogen-bond acceptors (Lipinski definition) is 4. The van der Waals surface area contributed by atoms with E-state index in [1.165, 1.54) is 81.1 Å². The fourth-order valence-electron chi connectivity index (χ4n) is 4.89. The molecule has 40 heavy (non-hydrogen) atoms. The Hall–Kier alpha value is -2.86. The highest BCUT2D eigenvalue weighted by molar-refractivity contribution is 7.09. The van der Waals surface area contributed by atoms with E-state index in [-0.39, 0.29) is 12.3 Å². The average molecular weight is 566 g/mol. The molecule has 0 radical (unpaired) electrons. The molecule has 1 amide bonds. The summed E-state index contributed by atoms with van der Waals surface area (Å²) in [6.07, 6.45) is 18.3. The molecule has 5 nitrogen and oxygen atoms in total. The van der Waals surface area contributed by atoms with Crippen LogP contribution in [0.15, 0.2) is 54.2 Å². The van der Waals surface area contributed by atoms with Gasteiger partial charge in [-0.3, -0.25) is 4.79 Å². The third-order valence-electron chi connectivity index (χ3n) is 7.17. The number of thiazole rings is 1. The number of aryl methyl sites for hydroxylation is 1. The fourth-order valence-corrected chi connectivity index (χ4v) is 5.52. The van der Waals surface area contributed by atoms with Crippen LogP contribution in [0.25, 0.3) is 0 Å². The van der Waals surface area contributed by atoms with Gasteiger partial charge in [0.1, 0.15) is 0 Å². The van der Waals surface area contributed by atoms with Gasteiger partial charge in [-0.25, -0.2) is 0 Å². The van der Waals surface area contributed by atoms with Crippen LogP contribution >= 0.6 is 11.3 Å². The van der Waals surface area contributed by atoms with Crippen LogP contribution in [-0.2, 0) is 17.8 Å². The van der Waals surface area contributed by atoms with Crippen molar-refractivity contribution >= 4 is 22.9 Å². The van der Waals surface area contributed by atoms with Gasteiger partial charge >= 0.3 is 0 Å². The van der Waals surface area contributed by atoms with E-state index in [4.69, 9.17) is 9.47 Å². The molecule has 0 aliphatic heterocycles. The Bertz CT molecular complexity index is 1130. The molecule has 218 valence electrons. The first kappa shape index (κ1) is 31.7. The van der Waals surface area contributed by atoms with Gasteiger partial charge in [0.2, 0.25) is 11.4 Å². The number of unbranched alkanes of at least 4 members (excludes halogenated alkanes) is 11. The molecule has 0 aliphatic rings. The van der Waals surface area contributed by atoms with Crippen LogP contribution in [0.2, 0.25) is 0 Å². The lowest BCUT2D eigenvalue weighted by molar-refractivity contribution is -0.683. The van der Waals surface area contributed by atoms with E-state index >= 15 is 0 Å². The number of nitrogens with one attached hydrogen (secondary N) is 1. The van der Waals surface area contributed by atoms with Crippen LogP contribution in [0, 0.1) is 6.92 Å². The largest absolute Gasteiger partial charge is 0.493 e. The normalized spacial score (nSPS) is 11.0. The van der Waals surface area contributed by atoms with Crippen molar-refractivity contribution in [3.63, 3.8) is 0 Å². The Morgan fingerprint density at radius 1 is 0.825 bits per heavy atom. The Morgan fingerprint density at radius 3 is 2.05 bits per heavy atom. The topological polar surface area (TPSA) is 51.4 Å². The molecule has 1 N–H and O–H groups in total. The Labute approximate surface area is 245 Å². The predicted molar refractivity (Wildman–Crippen MR) is 167 cm³/mol. The van der Waals surface area contributed by atoms with E-state index < -0.39 is 0 Å². The molecule has 0 aliphatic carbocycles. The van der Waals surface area contributed by atoms with Crippen molar-refractivity contribution in [1.82, 2.24) is 0 Å². The number of carbonyl (C=O) groups excluding carboxylic acids is 1. The van der Waals surface area contributed by atoms with E-state index in [0.717, 1.165) is 30.0 Å². The van der Waals surface area contributed by atoms with Crippen LogP contribution < -0.4 is 19.4 Å². The summed E-state index contributed by atoms with van der Waals surface area (Å²) in [7, 11) is 1.65. The molecular formula is C34H49N2O3S+. The molecule has 0 fully saturated rings. The van der Waals surface area contributed by atoms with Crippen molar-refractivity contribution in [2.45, 2.75) is 104 Å². The van der Waals surface area contributed by atoms with Crippen molar-refractivity contribution < 1.29 is 18.8 Å². The second-order valence-electron chi connectivity index (χ2n) is 10.8. The maximum Gasteiger partial charge on any atom is 0.228 e. The molecule has 1 heterocycles. The third kappa shape index (κ3) is 12.1. The van der Waals surface area contributed by atoms with Crippen LogP contribution in [0.3, 0.4) is 0 Å². The summed E-state index contributed by atoms with van der Waals surface area (Å²) in [6, 6.07) is 13.8. The van der Waals surface area contributed by atoms with E-state index in [2.05, 4.69) is 47.6 Å². The first-order valence-corrected chi connectivity index (χ1v) is 16.1. The number of rotatable bonds is 20. The molecule has 0 atom stereocenters. The first-order valence-electron chi connectivity index (χ1n) is 15.2. The smallest absolute Gasteiger partial charge is 0.228 e. The standard InChI is InChI=1S/C34H48N2O3S/c1-4-5-6-7-8-9-10-11-12-13-14-15-22-39-32-21-18-30(23-33(32)38-3)24-34(37)35-31-19-16-29(17-20-31)26-36-25-28(2)40-27-36/h16-21,23,25,27H,4-15,22,24,26H2,1-3H3/p+1. The number of aromatic nitrogens is 1. The number of carbonyl (C=O) groups is 1. The zero-order valence-electron chi connectivity index (χ0n) is 24.9. The number of benzene rings is 2. The van der Waals surface area contributed by atoms with Crippen molar-refractivity contribution in [1.29, 1.82) is 0 Å². The highest BCUT2D eigenvalue weighted by Gasteiger charge is 2.11. The van der Waals surface area contributed by atoms with Gasteiger partial charge in [-0.2, -0.15) is 4.57 Å². The molecule has 1 aromatic heterocycles. The summed E-state index contributed by atoms with van der Waals surface area (Å²) in [5.74, 6) is 1.36. The second-order valence-corrected chi connectivity index (χ2v) is 11.9. The number of amides is 1. The van der Waals surface area contributed by atoms with Gasteiger partial charge in [0.15, 0.2) is 24.2 Å². The molecular weight excluding hydrogens is 516 g/mol. The van der Waals surface area contributed by atoms with E-state index in [9.17, 15) is 4.79 Å². The summed E-state index contributed by atoms with van der Waals surface area (Å²) < 4.78 is 13.7. The van der Waals surface area contributed by atoms with Crippen LogP contribution in [-0.4, -0.2) is 19.6 Å². The molecule has 0 bridgehead atoms. The number of methoxy groups -OCH3 is 1. The van der Waals surface area contributed by atoms with Gasteiger partial charge in [-0.15, -0.1) is 0 Å². The predicted octanol–water partition coefficient (Wildman–Crippen LogP) is 8.66. The third-order valence-corrected chi connectivity index (χ3v) is 8.03. The highest BCUT2D eigenvalue weighted by atomic mass is 32.1. The Balaban J connectivity index is 1.31. The SMILES string of the molecule is CCCCCCCCCCCCCCOc1ccc(CC(=O)Nc2ccc(C[n+]3csc(C)c3)cc2)cc1OC. The van der Waals surface area contributed by atoms with Gasteiger partial charge < -0.3 is 14.8 Å². The monoisotopic (exact) mass is 565 g/mol. The van der Waals surface area contributed by atoms with Gasteiger partial charge in [0.25, 0.3) is 0 Å². The molecule has 0 saturated carbocycles. The quantitative estimate of drug-likeness (QED) is 0.110. The number of ether oxygens (including phenoxy) is 2. The Morgan fingerprint density at radius 2 is 1.45 bits per heavy atom. The molecule has 0 saturated heterocycles. The molecule has 3 aromatic rings. The van der Waals surface area contributed by atoms with E-state index in [1.54, 1.807) is 18.4 Å². The van der Waals surface area contributed by atoms with Crippen molar-refractivity contribution in [3.8, 4) is 11.5 Å². The summed E-state index contributed by atoms with van der Waals surface area (Å²) in [4.78, 5) is 14.0. The average Bonchev–Trinajstić information content (AvgIpc) is 3.37. The van der Waals surface area contributed by atoms with E-state index in [0.29, 0.717) is 12.4 Å². The molecule has 3 rings (SSSR count).